The number of rotatable bonds is 8. The number of amides is 4. The number of para-hydroxylation sites is 1. The number of likely N-dealkylation sites (N-methyl/N-ethyl adjacent to an activating group) is 1. The molecular formula is C32H32N6O4S. The van der Waals surface area contributed by atoms with Crippen molar-refractivity contribution >= 4 is 56.5 Å². The van der Waals surface area contributed by atoms with Crippen molar-refractivity contribution in [3.8, 4) is 11.5 Å². The molecule has 2 aromatic heterocycles. The first-order valence-corrected chi connectivity index (χ1v) is 14.9. The number of nitrogens with zero attached hydrogens (tertiary/aromatic N) is 4. The highest BCUT2D eigenvalue weighted by Gasteiger charge is 2.34. The minimum Gasteiger partial charge on any atom is -0.457 e. The first kappa shape index (κ1) is 28.4. The van der Waals surface area contributed by atoms with Crippen LogP contribution in [-0.2, 0) is 4.79 Å². The molecule has 43 heavy (non-hydrogen) atoms. The molecule has 4 heterocycles. The van der Waals surface area contributed by atoms with Crippen LogP contribution in [0.25, 0.3) is 10.2 Å². The molecule has 0 spiro atoms. The molecule has 1 fully saturated rings. The zero-order chi connectivity index (χ0) is 30.1. The third-order valence-corrected chi connectivity index (χ3v) is 8.50. The molecule has 4 amide bonds. The highest BCUT2D eigenvalue weighted by Crippen LogP contribution is 2.46. The normalized spacial score (nSPS) is 16.3. The number of likely N-dealkylation sites (tertiary alicyclic amines) is 1. The average Bonchev–Trinajstić information content (AvgIpc) is 3.60. The summed E-state index contributed by atoms with van der Waals surface area (Å²) in [5, 5.41) is 6.74. The lowest BCUT2D eigenvalue weighted by atomic mass is 10.1. The van der Waals surface area contributed by atoms with E-state index in [4.69, 9.17) is 4.74 Å². The summed E-state index contributed by atoms with van der Waals surface area (Å²) in [5.74, 6) is 1.03. The van der Waals surface area contributed by atoms with Gasteiger partial charge in [0.1, 0.15) is 21.2 Å². The molecule has 1 atom stereocenters. The minimum absolute atomic E-state index is 0.0632. The van der Waals surface area contributed by atoms with Gasteiger partial charge < -0.3 is 25.2 Å². The predicted molar refractivity (Wildman–Crippen MR) is 169 cm³/mol. The number of aromatic nitrogens is 1. The van der Waals surface area contributed by atoms with Gasteiger partial charge in [0.2, 0.25) is 5.91 Å². The van der Waals surface area contributed by atoms with Gasteiger partial charge in [-0.25, -0.2) is 9.78 Å². The Balaban J connectivity index is 1.22. The van der Waals surface area contributed by atoms with Crippen LogP contribution in [0.15, 0.2) is 72.9 Å². The third-order valence-electron chi connectivity index (χ3n) is 7.41. The van der Waals surface area contributed by atoms with Crippen molar-refractivity contribution in [1.82, 2.24) is 20.1 Å². The molecule has 0 radical (unpaired) electrons. The third kappa shape index (κ3) is 5.81. The van der Waals surface area contributed by atoms with Crippen molar-refractivity contribution in [2.24, 2.45) is 0 Å². The van der Waals surface area contributed by atoms with Gasteiger partial charge in [-0.1, -0.05) is 24.3 Å². The molecule has 10 nitrogen and oxygen atoms in total. The average molecular weight is 597 g/mol. The molecule has 11 heteroatoms. The Bertz CT molecular complexity index is 1730. The summed E-state index contributed by atoms with van der Waals surface area (Å²) < 4.78 is 5.97. The fourth-order valence-electron chi connectivity index (χ4n) is 5.35. The minimum atomic E-state index is -0.366. The zero-order valence-electron chi connectivity index (χ0n) is 24.2. The van der Waals surface area contributed by atoms with E-state index < -0.39 is 0 Å². The Morgan fingerprint density at radius 1 is 1.14 bits per heavy atom. The fourth-order valence-corrected chi connectivity index (χ4v) is 6.37. The fraction of sp³-hybridized carbons (Fsp3) is 0.250. The van der Waals surface area contributed by atoms with Crippen LogP contribution in [0.2, 0.25) is 0 Å². The standard InChI is InChI=1S/C32H32N6O4S/c1-20-18-23(42-22-8-5-4-6-9-22)11-12-24(20)38-25-13-15-33-31-27(25)28(35-32(38)41)29(43-31)30(40)34-21-14-17-37(19-21)26(39)10-7-16-36(2)3/h4-13,15,18,21H,14,16-17,19H2,1-3H3,(H,34,40)(H,35,41)/b10-7+/t21-/m1/s1. The number of carbonyl (C=O) groups is 3. The Kier molecular flexibility index (Phi) is 7.83. The number of thiophene rings is 1. The van der Waals surface area contributed by atoms with Crippen LogP contribution in [0.4, 0.5) is 21.9 Å². The molecule has 4 aromatic rings. The molecular weight excluding hydrogens is 564 g/mol. The van der Waals surface area contributed by atoms with Crippen molar-refractivity contribution in [2.75, 3.05) is 43.9 Å². The first-order valence-electron chi connectivity index (χ1n) is 14.1. The van der Waals surface area contributed by atoms with Gasteiger partial charge in [0.15, 0.2) is 0 Å². The van der Waals surface area contributed by atoms with Gasteiger partial charge in [0.25, 0.3) is 5.91 Å². The van der Waals surface area contributed by atoms with Crippen LogP contribution in [0.3, 0.4) is 0 Å². The summed E-state index contributed by atoms with van der Waals surface area (Å²) >= 11 is 1.24. The van der Waals surface area contributed by atoms with Crippen LogP contribution in [-0.4, -0.2) is 72.4 Å². The molecule has 0 unspecified atom stereocenters. The van der Waals surface area contributed by atoms with Crippen LogP contribution in [0.1, 0.15) is 21.7 Å². The Morgan fingerprint density at radius 3 is 2.72 bits per heavy atom. The number of anilines is 3. The van der Waals surface area contributed by atoms with Crippen LogP contribution < -0.4 is 20.3 Å². The van der Waals surface area contributed by atoms with E-state index in [9.17, 15) is 14.4 Å². The molecule has 2 aliphatic heterocycles. The first-order chi connectivity index (χ1) is 20.8. The topological polar surface area (TPSA) is 107 Å². The largest absolute Gasteiger partial charge is 0.457 e. The Hall–Kier alpha value is -4.74. The van der Waals surface area contributed by atoms with Gasteiger partial charge in [-0.2, -0.15) is 0 Å². The quantitative estimate of drug-likeness (QED) is 0.259. The van der Waals surface area contributed by atoms with Crippen LogP contribution in [0, 0.1) is 6.92 Å². The smallest absolute Gasteiger partial charge is 0.331 e. The van der Waals surface area contributed by atoms with Crippen molar-refractivity contribution in [2.45, 2.75) is 19.4 Å². The summed E-state index contributed by atoms with van der Waals surface area (Å²) in [7, 11) is 3.88. The maximum atomic E-state index is 13.6. The van der Waals surface area contributed by atoms with Gasteiger partial charge in [0, 0.05) is 37.9 Å². The number of benzene rings is 2. The maximum Gasteiger partial charge on any atom is 0.331 e. The SMILES string of the molecule is Cc1cc(Oc2ccccc2)ccc1N1C(=O)Nc2c(C(=O)N[C@@H]3CCN(C(=O)/C=C/CN(C)C)C3)sc3nccc1c23. The number of urea groups is 1. The molecule has 2 aromatic carbocycles. The number of aryl methyl sites for hydroxylation is 1. The van der Waals surface area contributed by atoms with Gasteiger partial charge in [-0.3, -0.25) is 14.5 Å². The predicted octanol–water partition coefficient (Wildman–Crippen LogP) is 5.53. The van der Waals surface area contributed by atoms with Gasteiger partial charge in [-0.15, -0.1) is 11.3 Å². The number of hydrogen-bond acceptors (Lipinski definition) is 7. The number of nitrogens with one attached hydrogen (secondary N) is 2. The molecule has 2 aliphatic rings. The monoisotopic (exact) mass is 596 g/mol. The van der Waals surface area contributed by atoms with E-state index in [0.29, 0.717) is 58.6 Å². The van der Waals surface area contributed by atoms with Crippen molar-refractivity contribution in [3.63, 3.8) is 0 Å². The second-order valence-electron chi connectivity index (χ2n) is 10.9. The molecule has 0 aliphatic carbocycles. The second kappa shape index (κ2) is 11.9. The molecule has 220 valence electrons. The lowest BCUT2D eigenvalue weighted by Crippen LogP contribution is -2.39. The van der Waals surface area contributed by atoms with E-state index in [1.807, 2.05) is 80.5 Å². The number of ether oxygens (including phenoxy) is 1. The van der Waals surface area contributed by atoms with Crippen molar-refractivity contribution < 1.29 is 19.1 Å². The van der Waals surface area contributed by atoms with Crippen LogP contribution >= 0.6 is 11.3 Å². The number of carbonyl (C=O) groups excluding carboxylic acids is 3. The van der Waals surface area contributed by atoms with Gasteiger partial charge in [-0.05, 0) is 69.4 Å². The number of hydrogen-bond donors (Lipinski definition) is 2. The number of pyridine rings is 1. The summed E-state index contributed by atoms with van der Waals surface area (Å²) in [4.78, 5) is 50.5. The summed E-state index contributed by atoms with van der Waals surface area (Å²) in [6.45, 7) is 3.61. The highest BCUT2D eigenvalue weighted by atomic mass is 32.1. The Morgan fingerprint density at radius 2 is 1.95 bits per heavy atom. The van der Waals surface area contributed by atoms with Gasteiger partial charge in [0.05, 0.1) is 22.4 Å². The van der Waals surface area contributed by atoms with E-state index in [2.05, 4.69) is 15.6 Å². The lowest BCUT2D eigenvalue weighted by molar-refractivity contribution is -0.125. The van der Waals surface area contributed by atoms with E-state index in [0.717, 1.165) is 16.7 Å². The molecule has 1 saturated heterocycles. The molecule has 0 saturated carbocycles. The van der Waals surface area contributed by atoms with Crippen LogP contribution in [0.5, 0.6) is 11.5 Å². The van der Waals surface area contributed by atoms with E-state index in [1.54, 1.807) is 28.1 Å². The summed E-state index contributed by atoms with van der Waals surface area (Å²) in [6.07, 6.45) is 5.73. The second-order valence-corrected chi connectivity index (χ2v) is 11.9. The van der Waals surface area contributed by atoms with E-state index in [1.165, 1.54) is 11.3 Å². The van der Waals surface area contributed by atoms with Crippen molar-refractivity contribution in [1.29, 1.82) is 0 Å². The van der Waals surface area contributed by atoms with E-state index in [-0.39, 0.29) is 23.9 Å². The maximum absolute atomic E-state index is 13.6. The molecule has 6 rings (SSSR count). The van der Waals surface area contributed by atoms with Gasteiger partial charge >= 0.3 is 6.03 Å². The Labute approximate surface area is 253 Å². The zero-order valence-corrected chi connectivity index (χ0v) is 25.0. The lowest BCUT2D eigenvalue weighted by Gasteiger charge is -2.29. The molecule has 2 N–H and O–H groups in total. The molecule has 0 bridgehead atoms. The highest BCUT2D eigenvalue weighted by molar-refractivity contribution is 7.21. The van der Waals surface area contributed by atoms with E-state index >= 15 is 0 Å². The van der Waals surface area contributed by atoms with Crippen molar-refractivity contribution in [3.05, 3.63) is 83.4 Å². The summed E-state index contributed by atoms with van der Waals surface area (Å²) in [5.41, 5.74) is 2.66. The summed E-state index contributed by atoms with van der Waals surface area (Å²) in [6, 6.07) is 16.3.